The van der Waals surface area contributed by atoms with Gasteiger partial charge in [-0.1, -0.05) is 35.9 Å². The van der Waals surface area contributed by atoms with Gasteiger partial charge in [0.25, 0.3) is 0 Å². The molecule has 3 heteroatoms. The molecule has 0 bridgehead atoms. The number of aromatic nitrogens is 3. The largest absolute Gasteiger partial charge is 0.253 e. The predicted octanol–water partition coefficient (Wildman–Crippen LogP) is 3.26. The molecule has 2 rings (SSSR count). The topological polar surface area (TPSA) is 30.7 Å². The van der Waals surface area contributed by atoms with Gasteiger partial charge in [0.2, 0.25) is 0 Å². The lowest BCUT2D eigenvalue weighted by atomic mass is 9.92. The maximum Gasteiger partial charge on any atom is 0.0833 e. The summed E-state index contributed by atoms with van der Waals surface area (Å²) in [5.74, 6) is 0.479. The Morgan fingerprint density at radius 2 is 2.06 bits per heavy atom. The minimum absolute atomic E-state index is 0.479. The molecule has 2 aromatic rings. The van der Waals surface area contributed by atoms with Gasteiger partial charge >= 0.3 is 0 Å². The minimum atomic E-state index is 0.479. The van der Waals surface area contributed by atoms with Crippen LogP contribution in [0.5, 0.6) is 0 Å². The third-order valence-electron chi connectivity index (χ3n) is 3.38. The molecule has 18 heavy (non-hydrogen) atoms. The first-order valence-electron chi connectivity index (χ1n) is 6.56. The Bertz CT molecular complexity index is 528. The van der Waals surface area contributed by atoms with Crippen LogP contribution in [0.1, 0.15) is 42.1 Å². The molecule has 1 atom stereocenters. The molecule has 1 aromatic heterocycles. The second kappa shape index (κ2) is 5.34. The second-order valence-electron chi connectivity index (χ2n) is 5.03. The van der Waals surface area contributed by atoms with Gasteiger partial charge in [-0.15, -0.1) is 5.10 Å². The van der Waals surface area contributed by atoms with E-state index in [1.807, 2.05) is 10.9 Å². The van der Waals surface area contributed by atoms with Crippen molar-refractivity contribution in [3.05, 3.63) is 46.8 Å². The number of benzene rings is 1. The molecule has 0 fully saturated rings. The highest BCUT2D eigenvalue weighted by Gasteiger charge is 2.11. The average molecular weight is 243 g/mol. The van der Waals surface area contributed by atoms with E-state index in [-0.39, 0.29) is 0 Å². The van der Waals surface area contributed by atoms with Crippen molar-refractivity contribution in [3.63, 3.8) is 0 Å². The van der Waals surface area contributed by atoms with E-state index in [9.17, 15) is 0 Å². The highest BCUT2D eigenvalue weighted by Crippen LogP contribution is 2.23. The number of hydrogen-bond acceptors (Lipinski definition) is 2. The summed E-state index contributed by atoms with van der Waals surface area (Å²) in [6.45, 7) is 9.52. The summed E-state index contributed by atoms with van der Waals surface area (Å²) in [4.78, 5) is 0. The first kappa shape index (κ1) is 12.8. The fraction of sp³-hybridized carbons (Fsp3) is 0.467. The quantitative estimate of drug-likeness (QED) is 0.825. The molecular weight excluding hydrogens is 222 g/mol. The van der Waals surface area contributed by atoms with E-state index in [0.29, 0.717) is 5.92 Å². The van der Waals surface area contributed by atoms with Crippen molar-refractivity contribution in [2.45, 2.75) is 46.6 Å². The Morgan fingerprint density at radius 3 is 2.67 bits per heavy atom. The zero-order valence-electron chi connectivity index (χ0n) is 11.6. The smallest absolute Gasteiger partial charge is 0.0833 e. The van der Waals surface area contributed by atoms with Crippen molar-refractivity contribution in [3.8, 4) is 0 Å². The van der Waals surface area contributed by atoms with Gasteiger partial charge in [0.1, 0.15) is 0 Å². The molecular formula is C15H21N3. The Morgan fingerprint density at radius 1 is 1.28 bits per heavy atom. The van der Waals surface area contributed by atoms with Crippen LogP contribution in [0.25, 0.3) is 0 Å². The molecule has 0 amide bonds. The Labute approximate surface area is 109 Å². The van der Waals surface area contributed by atoms with Crippen molar-refractivity contribution in [1.82, 2.24) is 15.0 Å². The van der Waals surface area contributed by atoms with Crippen LogP contribution in [-0.4, -0.2) is 15.0 Å². The molecule has 0 spiro atoms. The van der Waals surface area contributed by atoms with Crippen LogP contribution in [0, 0.1) is 13.8 Å². The van der Waals surface area contributed by atoms with Crippen LogP contribution in [0.15, 0.2) is 24.4 Å². The normalized spacial score (nSPS) is 12.7. The monoisotopic (exact) mass is 243 g/mol. The van der Waals surface area contributed by atoms with E-state index in [2.05, 4.69) is 56.2 Å². The molecule has 96 valence electrons. The summed E-state index contributed by atoms with van der Waals surface area (Å²) in [5, 5.41) is 8.30. The average Bonchev–Trinajstić information content (AvgIpc) is 2.76. The summed E-state index contributed by atoms with van der Waals surface area (Å²) in [6.07, 6.45) is 2.99. The molecule has 0 saturated heterocycles. The predicted molar refractivity (Wildman–Crippen MR) is 73.7 cm³/mol. The zero-order valence-corrected chi connectivity index (χ0v) is 11.6. The van der Waals surface area contributed by atoms with Gasteiger partial charge in [0.15, 0.2) is 0 Å². The van der Waals surface area contributed by atoms with Crippen molar-refractivity contribution in [1.29, 1.82) is 0 Å². The van der Waals surface area contributed by atoms with Crippen LogP contribution in [0.2, 0.25) is 0 Å². The minimum Gasteiger partial charge on any atom is -0.253 e. The maximum absolute atomic E-state index is 4.21. The summed E-state index contributed by atoms with van der Waals surface area (Å²) in [7, 11) is 0. The van der Waals surface area contributed by atoms with Gasteiger partial charge in [-0.05, 0) is 44.2 Å². The van der Waals surface area contributed by atoms with Gasteiger partial charge in [-0.2, -0.15) is 0 Å². The lowest BCUT2D eigenvalue weighted by Gasteiger charge is -2.13. The molecule has 1 aromatic carbocycles. The Hall–Kier alpha value is -1.64. The fourth-order valence-corrected chi connectivity index (χ4v) is 2.39. The third-order valence-corrected chi connectivity index (χ3v) is 3.38. The molecule has 0 N–H and O–H groups in total. The van der Waals surface area contributed by atoms with Gasteiger partial charge in [-0.3, -0.25) is 4.68 Å². The summed E-state index contributed by atoms with van der Waals surface area (Å²) < 4.78 is 1.88. The fourth-order valence-electron chi connectivity index (χ4n) is 2.39. The number of aryl methyl sites for hydroxylation is 3. The summed E-state index contributed by atoms with van der Waals surface area (Å²) in [6, 6.07) is 6.66. The summed E-state index contributed by atoms with van der Waals surface area (Å²) >= 11 is 0. The van der Waals surface area contributed by atoms with Crippen molar-refractivity contribution in [2.75, 3.05) is 0 Å². The lowest BCUT2D eigenvalue weighted by molar-refractivity contribution is 0.626. The molecule has 3 nitrogen and oxygen atoms in total. The standard InChI is InChI=1S/C15H21N3/c1-5-18-10-14(16-17-18)9-13(4)15-7-6-11(2)8-12(15)3/h6-8,10,13H,5,9H2,1-4H3. The molecule has 0 aliphatic heterocycles. The number of rotatable bonds is 4. The Kier molecular flexibility index (Phi) is 3.80. The van der Waals surface area contributed by atoms with Crippen LogP contribution in [0.4, 0.5) is 0 Å². The van der Waals surface area contributed by atoms with E-state index in [0.717, 1.165) is 18.7 Å². The molecule has 0 radical (unpaired) electrons. The first-order chi connectivity index (χ1) is 8.60. The number of nitrogens with zero attached hydrogens (tertiary/aromatic N) is 3. The second-order valence-corrected chi connectivity index (χ2v) is 5.03. The maximum atomic E-state index is 4.21. The van der Waals surface area contributed by atoms with Gasteiger partial charge in [0, 0.05) is 12.7 Å². The molecule has 0 aliphatic carbocycles. The number of hydrogen-bond donors (Lipinski definition) is 0. The van der Waals surface area contributed by atoms with Crippen LogP contribution < -0.4 is 0 Å². The van der Waals surface area contributed by atoms with Crippen LogP contribution >= 0.6 is 0 Å². The highest BCUT2D eigenvalue weighted by molar-refractivity contribution is 5.33. The van der Waals surface area contributed by atoms with Gasteiger partial charge in [-0.25, -0.2) is 0 Å². The SMILES string of the molecule is CCn1cc(CC(C)c2ccc(C)cc2C)nn1. The highest BCUT2D eigenvalue weighted by atomic mass is 15.4. The Balaban J connectivity index is 2.13. The molecule has 1 unspecified atom stereocenters. The van der Waals surface area contributed by atoms with Crippen molar-refractivity contribution in [2.24, 2.45) is 0 Å². The summed E-state index contributed by atoms with van der Waals surface area (Å²) in [5.41, 5.74) is 5.17. The van der Waals surface area contributed by atoms with E-state index in [1.165, 1.54) is 16.7 Å². The van der Waals surface area contributed by atoms with E-state index in [1.54, 1.807) is 0 Å². The third kappa shape index (κ3) is 2.78. The lowest BCUT2D eigenvalue weighted by Crippen LogP contribution is -2.01. The van der Waals surface area contributed by atoms with Crippen LogP contribution in [-0.2, 0) is 13.0 Å². The molecule has 0 aliphatic rings. The van der Waals surface area contributed by atoms with Crippen molar-refractivity contribution < 1.29 is 0 Å². The zero-order chi connectivity index (χ0) is 13.1. The van der Waals surface area contributed by atoms with Gasteiger partial charge in [0.05, 0.1) is 5.69 Å². The van der Waals surface area contributed by atoms with E-state index in [4.69, 9.17) is 0 Å². The van der Waals surface area contributed by atoms with Crippen molar-refractivity contribution >= 4 is 0 Å². The first-order valence-corrected chi connectivity index (χ1v) is 6.56. The van der Waals surface area contributed by atoms with E-state index >= 15 is 0 Å². The van der Waals surface area contributed by atoms with Gasteiger partial charge < -0.3 is 0 Å². The van der Waals surface area contributed by atoms with E-state index < -0.39 is 0 Å². The molecule has 1 heterocycles. The van der Waals surface area contributed by atoms with Crippen LogP contribution in [0.3, 0.4) is 0 Å². The molecule has 0 saturated carbocycles.